The van der Waals surface area contributed by atoms with E-state index in [2.05, 4.69) is 0 Å². The van der Waals surface area contributed by atoms with Gasteiger partial charge in [-0.2, -0.15) is 0 Å². The van der Waals surface area contributed by atoms with E-state index in [4.69, 9.17) is 58.8 Å². The molecule has 0 saturated heterocycles. The van der Waals surface area contributed by atoms with Crippen molar-refractivity contribution in [3.8, 4) is 91.5 Å². The molecule has 69 heavy (non-hydrogen) atoms. The standard InChI is InChI=1S/C56H32N8O4.Zn/c1-5-17-33(18-6-1)65-41-29-13-25-37-45(41)53-58-49(37)57-50-38-26-14-30-42(66-34-19-7-2-8-20-34)46(38)54(59-50)61-52-40-28-16-32-44(68-36-23-11-4-12-24-36)48(40)56(63-52)64-55-47-39(51(60-53)62-55)27-15-31-43(47)67-35-21-9-3-10-22-35;/h1-32H;/q-2;+2. The molecule has 0 saturated carbocycles. The second-order valence-electron chi connectivity index (χ2n) is 15.9. The van der Waals surface area contributed by atoms with Crippen LogP contribution in [0, 0.1) is 0 Å². The Morgan fingerprint density at radius 2 is 0.594 bits per heavy atom. The van der Waals surface area contributed by atoms with E-state index < -0.39 is 0 Å². The minimum atomic E-state index is 0. The second-order valence-corrected chi connectivity index (χ2v) is 15.9. The third-order valence-electron chi connectivity index (χ3n) is 11.5. The zero-order valence-electron chi connectivity index (χ0n) is 36.4. The van der Waals surface area contributed by atoms with Gasteiger partial charge >= 0.3 is 19.5 Å². The van der Waals surface area contributed by atoms with E-state index >= 15 is 0 Å². The molecule has 13 heteroatoms. The first-order valence-electron chi connectivity index (χ1n) is 21.8. The normalized spacial score (nSPS) is 11.4. The molecule has 8 aromatic carbocycles. The van der Waals surface area contributed by atoms with Gasteiger partial charge in [-0.25, -0.2) is 9.97 Å². The van der Waals surface area contributed by atoms with Gasteiger partial charge in [-0.1, -0.05) is 121 Å². The average Bonchev–Trinajstić information content (AvgIpc) is 4.12. The minimum absolute atomic E-state index is 0. The molecular formula is C56H32N8O4Zn. The van der Waals surface area contributed by atoms with Gasteiger partial charge in [0.1, 0.15) is 46.0 Å². The molecule has 0 N–H and O–H groups in total. The fourth-order valence-electron chi connectivity index (χ4n) is 8.53. The van der Waals surface area contributed by atoms with Crippen molar-refractivity contribution in [3.63, 3.8) is 0 Å². The number of fused-ring (bicyclic) bond motifs is 20. The van der Waals surface area contributed by atoms with Crippen LogP contribution in [0.15, 0.2) is 194 Å². The van der Waals surface area contributed by atoms with Gasteiger partial charge in [-0.15, -0.1) is 0 Å². The number of hydrogen-bond donors (Lipinski definition) is 0. The minimum Gasteiger partial charge on any atom is -0.457 e. The van der Waals surface area contributed by atoms with Crippen LogP contribution in [0.3, 0.4) is 0 Å². The first-order valence-corrected chi connectivity index (χ1v) is 21.8. The van der Waals surface area contributed by atoms with Crippen molar-refractivity contribution in [2.45, 2.75) is 0 Å². The molecule has 3 aromatic heterocycles. The molecule has 11 aromatic rings. The summed E-state index contributed by atoms with van der Waals surface area (Å²) in [6, 6.07) is 61.3. The fraction of sp³-hybridized carbons (Fsp3) is 0. The summed E-state index contributed by atoms with van der Waals surface area (Å²) in [5.41, 5.74) is 4.01. The van der Waals surface area contributed by atoms with Crippen LogP contribution in [-0.2, 0) is 19.5 Å². The van der Waals surface area contributed by atoms with Gasteiger partial charge in [0.2, 0.25) is 0 Å². The molecule has 5 heterocycles. The summed E-state index contributed by atoms with van der Waals surface area (Å²) < 4.78 is 26.3. The van der Waals surface area contributed by atoms with Crippen molar-refractivity contribution < 1.29 is 38.4 Å². The van der Waals surface area contributed by atoms with E-state index in [0.717, 1.165) is 0 Å². The summed E-state index contributed by atoms with van der Waals surface area (Å²) in [6.07, 6.45) is 0. The Balaban J connectivity index is 0.00000492. The predicted octanol–water partition coefficient (Wildman–Crippen LogP) is 13.3. The van der Waals surface area contributed by atoms with Crippen LogP contribution in [0.4, 0.5) is 0 Å². The molecular weight excluding hydrogens is 914 g/mol. The van der Waals surface area contributed by atoms with Crippen LogP contribution in [0.2, 0.25) is 0 Å². The number of para-hydroxylation sites is 4. The third kappa shape index (κ3) is 7.57. The van der Waals surface area contributed by atoms with E-state index in [0.29, 0.717) is 136 Å². The molecule has 2 aliphatic heterocycles. The third-order valence-corrected chi connectivity index (χ3v) is 11.5. The van der Waals surface area contributed by atoms with Crippen LogP contribution in [0.25, 0.3) is 89.7 Å². The van der Waals surface area contributed by atoms with Crippen LogP contribution in [0.1, 0.15) is 0 Å². The molecule has 2 aliphatic rings. The maximum absolute atomic E-state index is 6.59. The van der Waals surface area contributed by atoms with Gasteiger partial charge in [-0.05, 0) is 83.6 Å². The molecule has 0 unspecified atom stereocenters. The summed E-state index contributed by atoms with van der Waals surface area (Å²) in [5.74, 6) is 6.08. The summed E-state index contributed by atoms with van der Waals surface area (Å²) in [7, 11) is 0. The smallest absolute Gasteiger partial charge is 0.457 e. The Kier molecular flexibility index (Phi) is 10.4. The number of nitrogens with zero attached hydrogens (tertiary/aromatic N) is 8. The molecule has 0 radical (unpaired) electrons. The van der Waals surface area contributed by atoms with Crippen molar-refractivity contribution in [1.82, 2.24) is 39.9 Å². The SMILES string of the molecule is [Zn+2].c1ccc(Oc2cccc3c2-c2nc-3nc3[n-]c(nc4nc(nc5[n-]c(n2)c2cccc(Oc6ccccc6)c52)-c2c(Oc5ccccc5)cccc2-4)c2c(Oc4ccccc4)cccc32)cc1. The molecule has 13 rings (SSSR count). The van der Waals surface area contributed by atoms with E-state index in [1.165, 1.54) is 0 Å². The first-order chi connectivity index (χ1) is 33.7. The number of benzene rings is 8. The van der Waals surface area contributed by atoms with Crippen LogP contribution < -0.4 is 28.9 Å². The van der Waals surface area contributed by atoms with E-state index in [9.17, 15) is 0 Å². The van der Waals surface area contributed by atoms with E-state index in [1.807, 2.05) is 194 Å². The van der Waals surface area contributed by atoms with Gasteiger partial charge in [0.25, 0.3) is 0 Å². The summed E-state index contributed by atoms with van der Waals surface area (Å²) >= 11 is 0. The molecule has 322 valence electrons. The van der Waals surface area contributed by atoms with Crippen molar-refractivity contribution in [2.24, 2.45) is 0 Å². The molecule has 8 bridgehead atoms. The Labute approximate surface area is 406 Å². The average molecular weight is 946 g/mol. The summed E-state index contributed by atoms with van der Waals surface area (Å²) in [6.45, 7) is 0. The molecule has 0 spiro atoms. The fourth-order valence-corrected chi connectivity index (χ4v) is 8.53. The predicted molar refractivity (Wildman–Crippen MR) is 260 cm³/mol. The van der Waals surface area contributed by atoms with Gasteiger partial charge in [0.05, 0.1) is 34.4 Å². The van der Waals surface area contributed by atoms with Gasteiger partial charge in [0.15, 0.2) is 0 Å². The Morgan fingerprint density at radius 3 is 1.00 bits per heavy atom. The number of aromatic nitrogens is 8. The quantitative estimate of drug-likeness (QED) is 0.134. The zero-order valence-corrected chi connectivity index (χ0v) is 39.4. The topological polar surface area (TPSA) is 142 Å². The van der Waals surface area contributed by atoms with Crippen molar-refractivity contribution in [1.29, 1.82) is 0 Å². The number of ether oxygens (including phenoxy) is 4. The van der Waals surface area contributed by atoms with Crippen molar-refractivity contribution >= 4 is 44.1 Å². The van der Waals surface area contributed by atoms with Crippen molar-refractivity contribution in [2.75, 3.05) is 0 Å². The first kappa shape index (κ1) is 41.4. The summed E-state index contributed by atoms with van der Waals surface area (Å²) in [5, 5.41) is 2.63. The molecule has 0 atom stereocenters. The monoisotopic (exact) mass is 944 g/mol. The second kappa shape index (κ2) is 17.3. The Bertz CT molecular complexity index is 3930. The number of hydrogen-bond acceptors (Lipinski definition) is 10. The van der Waals surface area contributed by atoms with Crippen molar-refractivity contribution in [3.05, 3.63) is 194 Å². The molecule has 0 amide bonds. The Hall–Kier alpha value is -9.06. The Morgan fingerprint density at radius 1 is 0.275 bits per heavy atom. The largest absolute Gasteiger partial charge is 2.00 e. The van der Waals surface area contributed by atoms with Crippen LogP contribution in [0.5, 0.6) is 46.0 Å². The maximum Gasteiger partial charge on any atom is 2.00 e. The van der Waals surface area contributed by atoms with Crippen LogP contribution >= 0.6 is 0 Å². The van der Waals surface area contributed by atoms with E-state index in [-0.39, 0.29) is 19.5 Å². The number of rotatable bonds is 8. The van der Waals surface area contributed by atoms with Gasteiger partial charge in [-0.3, -0.25) is 0 Å². The molecule has 12 nitrogen and oxygen atoms in total. The van der Waals surface area contributed by atoms with Gasteiger partial charge in [0, 0.05) is 44.5 Å². The van der Waals surface area contributed by atoms with Crippen LogP contribution in [-0.4, -0.2) is 29.9 Å². The molecule has 0 aliphatic carbocycles. The maximum atomic E-state index is 6.59. The zero-order chi connectivity index (χ0) is 45.0. The molecule has 0 fully saturated rings. The van der Waals surface area contributed by atoms with Gasteiger partial charge < -0.3 is 48.9 Å². The van der Waals surface area contributed by atoms with E-state index in [1.54, 1.807) is 0 Å². The summed E-state index contributed by atoms with van der Waals surface area (Å²) in [4.78, 5) is 41.6.